The first-order valence-electron chi connectivity index (χ1n) is 6.31. The van der Waals surface area contributed by atoms with Crippen LogP contribution < -0.4 is 5.56 Å². The minimum atomic E-state index is -0.0308. The molecule has 0 aliphatic rings. The minimum absolute atomic E-state index is 0.0308. The number of hydrogen-bond acceptors (Lipinski definition) is 4. The van der Waals surface area contributed by atoms with Crippen molar-refractivity contribution in [2.75, 3.05) is 5.75 Å². The van der Waals surface area contributed by atoms with Crippen LogP contribution in [0.1, 0.15) is 0 Å². The highest BCUT2D eigenvalue weighted by molar-refractivity contribution is 7.99. The summed E-state index contributed by atoms with van der Waals surface area (Å²) in [7, 11) is 1.78. The summed E-state index contributed by atoms with van der Waals surface area (Å²) in [5, 5.41) is 4.63. The largest absolute Gasteiger partial charge is 0.298 e. The topological polar surface area (TPSA) is 52.7 Å². The van der Waals surface area contributed by atoms with Crippen LogP contribution in [0.25, 0.3) is 11.0 Å². The summed E-state index contributed by atoms with van der Waals surface area (Å²) < 4.78 is 3.25. The molecule has 5 nitrogen and oxygen atoms in total. The SMILES string of the molecule is Cn1ncc2c(=O)n(CCSc3ccccc3)cnc21. The van der Waals surface area contributed by atoms with Gasteiger partial charge in [0.05, 0.1) is 12.5 Å². The summed E-state index contributed by atoms with van der Waals surface area (Å²) >= 11 is 1.73. The van der Waals surface area contributed by atoms with Gasteiger partial charge in [-0.25, -0.2) is 4.98 Å². The van der Waals surface area contributed by atoms with Crippen LogP contribution in [0.2, 0.25) is 0 Å². The van der Waals surface area contributed by atoms with E-state index in [1.165, 1.54) is 4.90 Å². The van der Waals surface area contributed by atoms with Gasteiger partial charge in [0.1, 0.15) is 5.39 Å². The predicted molar refractivity (Wildman–Crippen MR) is 79.9 cm³/mol. The Hall–Kier alpha value is -2.08. The molecule has 0 saturated carbocycles. The lowest BCUT2D eigenvalue weighted by atomic mass is 10.4. The quantitative estimate of drug-likeness (QED) is 0.688. The molecule has 6 heteroatoms. The van der Waals surface area contributed by atoms with Crippen LogP contribution in [-0.2, 0) is 13.6 Å². The zero-order valence-electron chi connectivity index (χ0n) is 11.1. The number of fused-ring (bicyclic) bond motifs is 1. The summed E-state index contributed by atoms with van der Waals surface area (Å²) in [4.78, 5) is 17.7. The molecule has 20 heavy (non-hydrogen) atoms. The van der Waals surface area contributed by atoms with Gasteiger partial charge in [0.25, 0.3) is 5.56 Å². The van der Waals surface area contributed by atoms with Crippen LogP contribution in [0, 0.1) is 0 Å². The highest BCUT2D eigenvalue weighted by Crippen LogP contribution is 2.16. The summed E-state index contributed by atoms with van der Waals surface area (Å²) in [6, 6.07) is 10.1. The van der Waals surface area contributed by atoms with Gasteiger partial charge in [-0.05, 0) is 12.1 Å². The number of benzene rings is 1. The zero-order chi connectivity index (χ0) is 13.9. The monoisotopic (exact) mass is 286 g/mol. The molecule has 102 valence electrons. The second-order valence-corrected chi connectivity index (χ2v) is 5.58. The van der Waals surface area contributed by atoms with Crippen molar-refractivity contribution in [1.82, 2.24) is 19.3 Å². The molecule has 3 rings (SSSR count). The maximum atomic E-state index is 12.2. The molecule has 0 aliphatic heterocycles. The van der Waals surface area contributed by atoms with Gasteiger partial charge < -0.3 is 0 Å². The van der Waals surface area contributed by atoms with E-state index in [0.29, 0.717) is 17.6 Å². The molecule has 0 bridgehead atoms. The highest BCUT2D eigenvalue weighted by Gasteiger charge is 2.07. The molecule has 0 radical (unpaired) electrons. The average Bonchev–Trinajstić information content (AvgIpc) is 2.85. The predicted octanol–water partition coefficient (Wildman–Crippen LogP) is 1.92. The first-order valence-corrected chi connectivity index (χ1v) is 7.29. The molecular formula is C14H14N4OS. The van der Waals surface area contributed by atoms with E-state index in [1.54, 1.807) is 40.6 Å². The summed E-state index contributed by atoms with van der Waals surface area (Å²) in [5.41, 5.74) is 0.596. The number of thioether (sulfide) groups is 1. The van der Waals surface area contributed by atoms with Crippen molar-refractivity contribution in [2.24, 2.45) is 7.05 Å². The Bertz CT molecular complexity index is 779. The van der Waals surface area contributed by atoms with E-state index in [2.05, 4.69) is 22.2 Å². The molecule has 2 aromatic heterocycles. The van der Waals surface area contributed by atoms with Crippen molar-refractivity contribution in [3.8, 4) is 0 Å². The van der Waals surface area contributed by atoms with Crippen LogP contribution in [0.4, 0.5) is 0 Å². The molecule has 0 unspecified atom stereocenters. The van der Waals surface area contributed by atoms with E-state index < -0.39 is 0 Å². The molecule has 0 N–H and O–H groups in total. The van der Waals surface area contributed by atoms with E-state index in [0.717, 1.165) is 5.75 Å². The fourth-order valence-electron chi connectivity index (χ4n) is 2.00. The average molecular weight is 286 g/mol. The van der Waals surface area contributed by atoms with Crippen molar-refractivity contribution >= 4 is 22.8 Å². The lowest BCUT2D eigenvalue weighted by Crippen LogP contribution is -2.21. The van der Waals surface area contributed by atoms with Gasteiger partial charge in [0.15, 0.2) is 5.65 Å². The van der Waals surface area contributed by atoms with E-state index in [1.807, 2.05) is 18.2 Å². The maximum Gasteiger partial charge on any atom is 0.264 e. The number of nitrogens with zero attached hydrogens (tertiary/aromatic N) is 4. The third kappa shape index (κ3) is 2.46. The Morgan fingerprint density at radius 1 is 1.25 bits per heavy atom. The van der Waals surface area contributed by atoms with Crippen molar-refractivity contribution in [3.05, 3.63) is 53.2 Å². The Kier molecular flexibility index (Phi) is 3.56. The molecular weight excluding hydrogens is 272 g/mol. The molecule has 0 atom stereocenters. The molecule has 0 fully saturated rings. The van der Waals surface area contributed by atoms with Gasteiger partial charge in [-0.2, -0.15) is 5.10 Å². The van der Waals surface area contributed by atoms with E-state index in [4.69, 9.17) is 0 Å². The second-order valence-electron chi connectivity index (χ2n) is 4.41. The Balaban J connectivity index is 1.75. The number of rotatable bonds is 4. The van der Waals surface area contributed by atoms with Gasteiger partial charge in [-0.3, -0.25) is 14.0 Å². The highest BCUT2D eigenvalue weighted by atomic mass is 32.2. The standard InChI is InChI=1S/C14H14N4OS/c1-17-13-12(9-16-17)14(19)18(10-15-13)7-8-20-11-5-3-2-4-6-11/h2-6,9-10H,7-8H2,1H3. The zero-order valence-corrected chi connectivity index (χ0v) is 11.9. The third-order valence-electron chi connectivity index (χ3n) is 3.06. The fourth-order valence-corrected chi connectivity index (χ4v) is 2.88. The Morgan fingerprint density at radius 3 is 2.85 bits per heavy atom. The van der Waals surface area contributed by atoms with Crippen LogP contribution in [-0.4, -0.2) is 25.1 Å². The third-order valence-corrected chi connectivity index (χ3v) is 4.05. The normalized spacial score (nSPS) is 11.1. The van der Waals surface area contributed by atoms with Crippen LogP contribution in [0.3, 0.4) is 0 Å². The van der Waals surface area contributed by atoms with Crippen molar-refractivity contribution in [2.45, 2.75) is 11.4 Å². The minimum Gasteiger partial charge on any atom is -0.298 e. The smallest absolute Gasteiger partial charge is 0.264 e. The van der Waals surface area contributed by atoms with Crippen molar-refractivity contribution in [1.29, 1.82) is 0 Å². The first kappa shape index (κ1) is 12.9. The molecule has 3 aromatic rings. The number of aromatic nitrogens is 4. The van der Waals surface area contributed by atoms with E-state index in [-0.39, 0.29) is 5.56 Å². The summed E-state index contributed by atoms with van der Waals surface area (Å²) in [6.45, 7) is 0.635. The molecule has 0 amide bonds. The molecule has 0 saturated heterocycles. The Labute approximate surface area is 120 Å². The lowest BCUT2D eigenvalue weighted by Gasteiger charge is -2.05. The van der Waals surface area contributed by atoms with Gasteiger partial charge in [0, 0.05) is 24.2 Å². The van der Waals surface area contributed by atoms with Crippen LogP contribution >= 0.6 is 11.8 Å². The van der Waals surface area contributed by atoms with E-state index >= 15 is 0 Å². The van der Waals surface area contributed by atoms with E-state index in [9.17, 15) is 4.79 Å². The first-order chi connectivity index (χ1) is 9.75. The van der Waals surface area contributed by atoms with Crippen LogP contribution in [0.15, 0.2) is 52.5 Å². The van der Waals surface area contributed by atoms with Crippen LogP contribution in [0.5, 0.6) is 0 Å². The maximum absolute atomic E-state index is 12.2. The molecule has 0 spiro atoms. The van der Waals surface area contributed by atoms with Gasteiger partial charge in [-0.1, -0.05) is 18.2 Å². The number of hydrogen-bond donors (Lipinski definition) is 0. The molecule has 1 aromatic carbocycles. The number of aryl methyl sites for hydroxylation is 2. The van der Waals surface area contributed by atoms with Crippen molar-refractivity contribution in [3.63, 3.8) is 0 Å². The van der Waals surface area contributed by atoms with Gasteiger partial charge >= 0.3 is 0 Å². The fraction of sp³-hybridized carbons (Fsp3) is 0.214. The Morgan fingerprint density at radius 2 is 2.05 bits per heavy atom. The summed E-state index contributed by atoms with van der Waals surface area (Å²) in [5.74, 6) is 0.831. The van der Waals surface area contributed by atoms with Gasteiger partial charge in [-0.15, -0.1) is 11.8 Å². The molecule has 0 aliphatic carbocycles. The van der Waals surface area contributed by atoms with Crippen molar-refractivity contribution < 1.29 is 0 Å². The second kappa shape index (κ2) is 5.50. The lowest BCUT2D eigenvalue weighted by molar-refractivity contribution is 0.718. The molecule has 2 heterocycles. The summed E-state index contributed by atoms with van der Waals surface area (Å²) in [6.07, 6.45) is 3.17. The van der Waals surface area contributed by atoms with Gasteiger partial charge in [0.2, 0.25) is 0 Å².